The van der Waals surface area contributed by atoms with Crippen LogP contribution in [0.1, 0.15) is 35.9 Å². The third-order valence-electron chi connectivity index (χ3n) is 5.12. The first kappa shape index (κ1) is 26.4. The first-order chi connectivity index (χ1) is 15.5. The van der Waals surface area contributed by atoms with Gasteiger partial charge < -0.3 is 20.1 Å². The van der Waals surface area contributed by atoms with Crippen LogP contribution in [0, 0.1) is 13.8 Å². The highest BCUT2D eigenvalue weighted by Gasteiger charge is 2.11. The summed E-state index contributed by atoms with van der Waals surface area (Å²) in [5.41, 5.74) is 4.25. The van der Waals surface area contributed by atoms with Gasteiger partial charge >= 0.3 is 0 Å². The minimum atomic E-state index is 0. The molecule has 0 radical (unpaired) electrons. The Morgan fingerprint density at radius 1 is 1.06 bits per heavy atom. The Bertz CT molecular complexity index is 1050. The average molecular weight is 564 g/mol. The lowest BCUT2D eigenvalue weighted by Crippen LogP contribution is -2.36. The van der Waals surface area contributed by atoms with Crippen molar-refractivity contribution in [2.75, 3.05) is 13.7 Å². The average Bonchev–Trinajstić information content (AvgIpc) is 3.05. The third-order valence-corrected chi connectivity index (χ3v) is 5.12. The summed E-state index contributed by atoms with van der Waals surface area (Å²) in [4.78, 5) is 8.73. The van der Waals surface area contributed by atoms with E-state index in [1.807, 2.05) is 55.1 Å². The van der Waals surface area contributed by atoms with Crippen LogP contribution >= 0.6 is 24.0 Å². The van der Waals surface area contributed by atoms with Crippen LogP contribution < -0.4 is 20.1 Å². The lowest BCUT2D eigenvalue weighted by atomic mass is 10.2. The van der Waals surface area contributed by atoms with Gasteiger partial charge in [-0.15, -0.1) is 24.0 Å². The smallest absolute Gasteiger partial charge is 0.224 e. The lowest BCUT2D eigenvalue weighted by Gasteiger charge is -2.14. The highest BCUT2D eigenvalue weighted by Crippen LogP contribution is 2.25. The second-order valence-corrected chi connectivity index (χ2v) is 7.44. The van der Waals surface area contributed by atoms with E-state index in [2.05, 4.69) is 39.6 Å². The number of nitrogens with zero attached hydrogens (tertiary/aromatic N) is 4. The van der Waals surface area contributed by atoms with Gasteiger partial charge in [0, 0.05) is 50.2 Å². The monoisotopic (exact) mass is 564 g/mol. The van der Waals surface area contributed by atoms with E-state index in [0.29, 0.717) is 37.3 Å². The summed E-state index contributed by atoms with van der Waals surface area (Å²) in [6.45, 7) is 8.03. The van der Waals surface area contributed by atoms with E-state index in [9.17, 15) is 0 Å². The SMILES string of the molecule is CCCOc1ccc(Oc2ncccc2CNC(=NC)NCc2c(C)nn(C)c2C)cc1.I. The normalized spacial score (nSPS) is 11.0. The first-order valence-corrected chi connectivity index (χ1v) is 10.8. The number of hydrogen-bond acceptors (Lipinski definition) is 5. The quantitative estimate of drug-likeness (QED) is 0.226. The Kier molecular flexibility index (Phi) is 10.4. The minimum absolute atomic E-state index is 0. The number of ether oxygens (including phenoxy) is 2. The maximum atomic E-state index is 6.02. The second kappa shape index (κ2) is 13.0. The summed E-state index contributed by atoms with van der Waals surface area (Å²) in [5, 5.41) is 11.1. The molecule has 9 heteroatoms. The van der Waals surface area contributed by atoms with Gasteiger partial charge in [0.25, 0.3) is 0 Å². The zero-order valence-corrected chi connectivity index (χ0v) is 22.2. The van der Waals surface area contributed by atoms with Gasteiger partial charge in [-0.2, -0.15) is 5.10 Å². The zero-order valence-electron chi connectivity index (χ0n) is 19.9. The number of hydrogen-bond donors (Lipinski definition) is 2. The van der Waals surface area contributed by atoms with Gasteiger partial charge in [-0.25, -0.2) is 4.98 Å². The molecule has 3 aromatic rings. The summed E-state index contributed by atoms with van der Waals surface area (Å²) in [6, 6.07) is 11.5. The van der Waals surface area contributed by atoms with Crippen molar-refractivity contribution in [2.24, 2.45) is 12.0 Å². The van der Waals surface area contributed by atoms with Crippen molar-refractivity contribution >= 4 is 29.9 Å². The molecule has 2 N–H and O–H groups in total. The molecule has 2 aromatic heterocycles. The van der Waals surface area contributed by atoms with Crippen LogP contribution in [0.5, 0.6) is 17.4 Å². The Labute approximate surface area is 212 Å². The minimum Gasteiger partial charge on any atom is -0.494 e. The van der Waals surface area contributed by atoms with Gasteiger partial charge in [0.2, 0.25) is 5.88 Å². The fourth-order valence-electron chi connectivity index (χ4n) is 3.23. The Morgan fingerprint density at radius 3 is 2.39 bits per heavy atom. The van der Waals surface area contributed by atoms with Crippen LogP contribution in [-0.2, 0) is 20.1 Å². The number of nitrogens with one attached hydrogen (secondary N) is 2. The van der Waals surface area contributed by atoms with Gasteiger partial charge in [-0.3, -0.25) is 9.67 Å². The number of guanidine groups is 1. The maximum absolute atomic E-state index is 6.02. The Hall–Kier alpha value is -2.82. The molecule has 0 atom stereocenters. The molecule has 0 aliphatic carbocycles. The number of aliphatic imine (C=N–C) groups is 1. The summed E-state index contributed by atoms with van der Waals surface area (Å²) in [6.07, 6.45) is 2.69. The predicted molar refractivity (Wildman–Crippen MR) is 142 cm³/mol. The predicted octanol–water partition coefficient (Wildman–Crippen LogP) is 4.50. The Morgan fingerprint density at radius 2 is 1.76 bits per heavy atom. The number of halogens is 1. The molecule has 8 nitrogen and oxygen atoms in total. The molecule has 0 amide bonds. The van der Waals surface area contributed by atoms with E-state index in [-0.39, 0.29) is 24.0 Å². The number of aryl methyl sites for hydroxylation is 2. The molecule has 33 heavy (non-hydrogen) atoms. The van der Waals surface area contributed by atoms with Crippen molar-refractivity contribution < 1.29 is 9.47 Å². The largest absolute Gasteiger partial charge is 0.494 e. The number of benzene rings is 1. The van der Waals surface area contributed by atoms with Crippen molar-refractivity contribution in [2.45, 2.75) is 40.3 Å². The Balaban J connectivity index is 0.00000385. The highest BCUT2D eigenvalue weighted by atomic mass is 127. The van der Waals surface area contributed by atoms with Gasteiger partial charge in [0.15, 0.2) is 5.96 Å². The number of rotatable bonds is 9. The highest BCUT2D eigenvalue weighted by molar-refractivity contribution is 14.0. The van der Waals surface area contributed by atoms with Crippen molar-refractivity contribution in [1.82, 2.24) is 25.4 Å². The standard InChI is InChI=1S/C24H32N6O2.HI/c1-6-14-31-20-9-11-21(12-10-20)32-23-19(8-7-13-26-23)15-27-24(25-4)28-16-22-17(2)29-30(5)18(22)3;/h7-13H,6,14-16H2,1-5H3,(H2,25,27,28);1H. The van der Waals surface area contributed by atoms with E-state index in [0.717, 1.165) is 29.1 Å². The number of pyridine rings is 1. The fourth-order valence-corrected chi connectivity index (χ4v) is 3.23. The van der Waals surface area contributed by atoms with E-state index >= 15 is 0 Å². The van der Waals surface area contributed by atoms with E-state index in [4.69, 9.17) is 9.47 Å². The molecular formula is C24H33IN6O2. The van der Waals surface area contributed by atoms with E-state index in [1.54, 1.807) is 13.2 Å². The lowest BCUT2D eigenvalue weighted by molar-refractivity contribution is 0.317. The van der Waals surface area contributed by atoms with E-state index < -0.39 is 0 Å². The zero-order chi connectivity index (χ0) is 22.9. The van der Waals surface area contributed by atoms with Crippen molar-refractivity contribution in [3.63, 3.8) is 0 Å². The van der Waals surface area contributed by atoms with Crippen molar-refractivity contribution in [3.05, 3.63) is 65.1 Å². The van der Waals surface area contributed by atoms with Crippen LogP contribution in [0.3, 0.4) is 0 Å². The molecule has 0 aliphatic rings. The molecule has 0 saturated heterocycles. The third kappa shape index (κ3) is 7.34. The summed E-state index contributed by atoms with van der Waals surface area (Å²) >= 11 is 0. The first-order valence-electron chi connectivity index (χ1n) is 10.8. The van der Waals surface area contributed by atoms with Crippen LogP contribution in [-0.4, -0.2) is 34.4 Å². The fraction of sp³-hybridized carbons (Fsp3) is 0.375. The summed E-state index contributed by atoms with van der Waals surface area (Å²) in [7, 11) is 3.70. The second-order valence-electron chi connectivity index (χ2n) is 7.44. The van der Waals surface area contributed by atoms with Crippen LogP contribution in [0.4, 0.5) is 0 Å². The van der Waals surface area contributed by atoms with Gasteiger partial charge in [0.1, 0.15) is 11.5 Å². The molecule has 178 valence electrons. The number of aromatic nitrogens is 3. The summed E-state index contributed by atoms with van der Waals surface area (Å²) < 4.78 is 13.5. The molecule has 0 unspecified atom stereocenters. The van der Waals surface area contributed by atoms with Crippen LogP contribution in [0.15, 0.2) is 47.6 Å². The molecule has 0 fully saturated rings. The van der Waals surface area contributed by atoms with Gasteiger partial charge in [0.05, 0.1) is 12.3 Å². The van der Waals surface area contributed by atoms with Crippen LogP contribution in [0.25, 0.3) is 0 Å². The van der Waals surface area contributed by atoms with E-state index in [1.165, 1.54) is 5.56 Å². The molecule has 0 spiro atoms. The molecule has 0 bridgehead atoms. The van der Waals surface area contributed by atoms with Gasteiger partial charge in [-0.1, -0.05) is 13.0 Å². The van der Waals surface area contributed by atoms with Gasteiger partial charge in [-0.05, 0) is 50.6 Å². The van der Waals surface area contributed by atoms with Crippen molar-refractivity contribution in [3.8, 4) is 17.4 Å². The molecule has 0 saturated carbocycles. The van der Waals surface area contributed by atoms with Crippen molar-refractivity contribution in [1.29, 1.82) is 0 Å². The maximum Gasteiger partial charge on any atom is 0.224 e. The molecule has 1 aromatic carbocycles. The summed E-state index contributed by atoms with van der Waals surface area (Å²) in [5.74, 6) is 2.78. The van der Waals surface area contributed by atoms with Crippen LogP contribution in [0.2, 0.25) is 0 Å². The molecule has 2 heterocycles. The molecular weight excluding hydrogens is 531 g/mol. The topological polar surface area (TPSA) is 85.6 Å². The molecule has 3 rings (SSSR count). The molecule has 0 aliphatic heterocycles.